The lowest BCUT2D eigenvalue weighted by Gasteiger charge is -2.40. The SMILES string of the molecule is C=C(CC)N(c1ccc(-c2cnn(C)c2)c(OC)c1)C1CCN(Nc2ccc(C#N)cn2)CC1. The van der Waals surface area contributed by atoms with E-state index in [2.05, 4.69) is 63.2 Å². The van der Waals surface area contributed by atoms with Crippen LogP contribution >= 0.6 is 0 Å². The number of aryl methyl sites for hydroxylation is 1. The molecule has 1 aliphatic heterocycles. The van der Waals surface area contributed by atoms with E-state index in [4.69, 9.17) is 10.00 Å². The van der Waals surface area contributed by atoms with E-state index in [1.54, 1.807) is 24.1 Å². The molecule has 0 atom stereocenters. The van der Waals surface area contributed by atoms with Crippen LogP contribution in [0.2, 0.25) is 0 Å². The number of nitrogens with one attached hydrogen (secondary N) is 1. The molecule has 0 spiro atoms. The first kappa shape index (κ1) is 23.3. The van der Waals surface area contributed by atoms with Crippen LogP contribution in [0.3, 0.4) is 0 Å². The minimum Gasteiger partial charge on any atom is -0.496 e. The molecule has 34 heavy (non-hydrogen) atoms. The van der Waals surface area contributed by atoms with E-state index in [1.807, 2.05) is 25.5 Å². The van der Waals surface area contributed by atoms with E-state index in [9.17, 15) is 0 Å². The van der Waals surface area contributed by atoms with Crippen LogP contribution in [0.15, 0.2) is 61.2 Å². The predicted molar refractivity (Wildman–Crippen MR) is 134 cm³/mol. The molecule has 0 radical (unpaired) electrons. The van der Waals surface area contributed by atoms with E-state index in [0.717, 1.165) is 66.4 Å². The number of hydrogen-bond donors (Lipinski definition) is 1. The molecular weight excluding hydrogens is 426 g/mol. The third-order valence-electron chi connectivity index (χ3n) is 6.22. The maximum Gasteiger partial charge on any atom is 0.140 e. The van der Waals surface area contributed by atoms with Gasteiger partial charge >= 0.3 is 0 Å². The van der Waals surface area contributed by atoms with Gasteiger partial charge in [0.15, 0.2) is 0 Å². The van der Waals surface area contributed by atoms with E-state index >= 15 is 0 Å². The summed E-state index contributed by atoms with van der Waals surface area (Å²) >= 11 is 0. The zero-order valence-electron chi connectivity index (χ0n) is 20.0. The van der Waals surface area contributed by atoms with Crippen molar-refractivity contribution in [2.24, 2.45) is 7.05 Å². The Kier molecular flexibility index (Phi) is 7.14. The fourth-order valence-electron chi connectivity index (χ4n) is 4.37. The monoisotopic (exact) mass is 457 g/mol. The molecule has 1 N–H and O–H groups in total. The second kappa shape index (κ2) is 10.4. The largest absolute Gasteiger partial charge is 0.496 e. The summed E-state index contributed by atoms with van der Waals surface area (Å²) in [4.78, 5) is 6.69. The third kappa shape index (κ3) is 5.05. The van der Waals surface area contributed by atoms with Gasteiger partial charge in [-0.1, -0.05) is 13.5 Å². The zero-order valence-corrected chi connectivity index (χ0v) is 20.0. The summed E-state index contributed by atoms with van der Waals surface area (Å²) in [6, 6.07) is 12.4. The first-order chi connectivity index (χ1) is 16.5. The molecule has 1 fully saturated rings. The predicted octanol–water partition coefficient (Wildman–Crippen LogP) is 4.58. The molecule has 3 aromatic rings. The van der Waals surface area contributed by atoms with Gasteiger partial charge in [0.05, 0.1) is 18.9 Å². The van der Waals surface area contributed by atoms with Crippen LogP contribution in [-0.4, -0.2) is 46.0 Å². The van der Waals surface area contributed by atoms with Crippen molar-refractivity contribution >= 4 is 11.5 Å². The Morgan fingerprint density at radius 2 is 2.06 bits per heavy atom. The van der Waals surface area contributed by atoms with Crippen LogP contribution in [0, 0.1) is 11.3 Å². The highest BCUT2D eigenvalue weighted by atomic mass is 16.5. The summed E-state index contributed by atoms with van der Waals surface area (Å²) in [7, 11) is 3.62. The Balaban J connectivity index is 1.49. The summed E-state index contributed by atoms with van der Waals surface area (Å²) in [5.74, 6) is 1.58. The summed E-state index contributed by atoms with van der Waals surface area (Å²) < 4.78 is 7.56. The fourth-order valence-corrected chi connectivity index (χ4v) is 4.37. The molecule has 0 amide bonds. The van der Waals surface area contributed by atoms with Gasteiger partial charge in [0.1, 0.15) is 17.6 Å². The molecule has 176 valence electrons. The van der Waals surface area contributed by atoms with Crippen LogP contribution in [0.5, 0.6) is 5.75 Å². The Hall–Kier alpha value is -3.83. The Morgan fingerprint density at radius 3 is 2.65 bits per heavy atom. The maximum atomic E-state index is 8.95. The highest BCUT2D eigenvalue weighted by molar-refractivity contribution is 5.73. The molecule has 0 aliphatic carbocycles. The average Bonchev–Trinajstić information content (AvgIpc) is 3.31. The van der Waals surface area contributed by atoms with Crippen molar-refractivity contribution in [2.75, 3.05) is 30.5 Å². The number of hydrogen-bond acceptors (Lipinski definition) is 7. The number of rotatable bonds is 8. The van der Waals surface area contributed by atoms with Crippen molar-refractivity contribution < 1.29 is 4.74 Å². The number of ether oxygens (including phenoxy) is 1. The topological polar surface area (TPSA) is 82.2 Å². The molecule has 1 aromatic carbocycles. The molecule has 0 unspecified atom stereocenters. The first-order valence-corrected chi connectivity index (χ1v) is 11.5. The lowest BCUT2D eigenvalue weighted by Crippen LogP contribution is -2.46. The number of benzene rings is 1. The number of methoxy groups -OCH3 is 1. The standard InChI is InChI=1S/C26H31N7O/c1-5-19(2)33(23-7-8-24(25(14-23)34-4)21-17-29-31(3)18-21)22-10-12-32(13-11-22)30-26-9-6-20(15-27)16-28-26/h6-9,14,16-18,22H,2,5,10-13H2,1,3-4H3,(H,28,30). The number of allylic oxidation sites excluding steroid dienone is 1. The van der Waals surface area contributed by atoms with E-state index in [-0.39, 0.29) is 0 Å². The van der Waals surface area contributed by atoms with Crippen molar-refractivity contribution in [1.29, 1.82) is 5.26 Å². The minimum atomic E-state index is 0.341. The number of nitriles is 1. The number of anilines is 2. The van der Waals surface area contributed by atoms with Gasteiger partial charge < -0.3 is 15.1 Å². The van der Waals surface area contributed by atoms with Gasteiger partial charge in [-0.15, -0.1) is 0 Å². The first-order valence-electron chi connectivity index (χ1n) is 11.5. The minimum absolute atomic E-state index is 0.341. The number of pyridine rings is 1. The van der Waals surface area contributed by atoms with E-state index < -0.39 is 0 Å². The fraction of sp³-hybridized carbons (Fsp3) is 0.346. The molecule has 4 rings (SSSR count). The van der Waals surface area contributed by atoms with Crippen molar-refractivity contribution in [2.45, 2.75) is 32.2 Å². The normalized spacial score (nSPS) is 14.4. The van der Waals surface area contributed by atoms with Crippen LogP contribution < -0.4 is 15.1 Å². The van der Waals surface area contributed by atoms with Crippen molar-refractivity contribution in [3.8, 4) is 22.9 Å². The highest BCUT2D eigenvalue weighted by Crippen LogP contribution is 2.36. The summed E-state index contributed by atoms with van der Waals surface area (Å²) in [5.41, 5.74) is 8.16. The van der Waals surface area contributed by atoms with Gasteiger partial charge in [0.2, 0.25) is 0 Å². The molecule has 0 bridgehead atoms. The van der Waals surface area contributed by atoms with Crippen LogP contribution in [0.1, 0.15) is 31.7 Å². The van der Waals surface area contributed by atoms with Crippen molar-refractivity contribution in [3.05, 3.63) is 66.8 Å². The van der Waals surface area contributed by atoms with E-state index in [0.29, 0.717) is 11.6 Å². The smallest absolute Gasteiger partial charge is 0.140 e. The van der Waals surface area contributed by atoms with Gasteiger partial charge in [0.25, 0.3) is 0 Å². The van der Waals surface area contributed by atoms with E-state index in [1.165, 1.54) is 0 Å². The Labute approximate surface area is 201 Å². The van der Waals surface area contributed by atoms with Crippen LogP contribution in [0.25, 0.3) is 11.1 Å². The number of aromatic nitrogens is 3. The Bertz CT molecular complexity index is 1170. The van der Waals surface area contributed by atoms with Gasteiger partial charge in [-0.3, -0.25) is 4.68 Å². The third-order valence-corrected chi connectivity index (χ3v) is 6.22. The van der Waals surface area contributed by atoms with Gasteiger partial charge in [-0.2, -0.15) is 10.4 Å². The van der Waals surface area contributed by atoms with Crippen LogP contribution in [0.4, 0.5) is 11.5 Å². The highest BCUT2D eigenvalue weighted by Gasteiger charge is 2.27. The molecule has 3 heterocycles. The lowest BCUT2D eigenvalue weighted by atomic mass is 10.0. The molecular formula is C26H31N7O. The van der Waals surface area contributed by atoms with Gasteiger partial charge in [-0.25, -0.2) is 9.99 Å². The second-order valence-corrected chi connectivity index (χ2v) is 8.45. The van der Waals surface area contributed by atoms with Crippen LogP contribution in [-0.2, 0) is 7.05 Å². The van der Waals surface area contributed by atoms with Gasteiger partial charge in [-0.05, 0) is 43.5 Å². The molecule has 1 aliphatic rings. The molecule has 8 nitrogen and oxygen atoms in total. The number of nitrogens with zero attached hydrogens (tertiary/aromatic N) is 6. The van der Waals surface area contributed by atoms with Crippen molar-refractivity contribution in [1.82, 2.24) is 19.8 Å². The number of piperidine rings is 1. The summed E-state index contributed by atoms with van der Waals surface area (Å²) in [6.45, 7) is 8.28. The molecule has 2 aromatic heterocycles. The second-order valence-electron chi connectivity index (χ2n) is 8.45. The quantitative estimate of drug-likeness (QED) is 0.530. The zero-order chi connectivity index (χ0) is 24.1. The summed E-state index contributed by atoms with van der Waals surface area (Å²) in [5, 5.41) is 15.4. The number of hydrazine groups is 1. The maximum absolute atomic E-state index is 8.95. The lowest BCUT2D eigenvalue weighted by molar-refractivity contribution is 0.249. The van der Waals surface area contributed by atoms with Crippen molar-refractivity contribution in [3.63, 3.8) is 0 Å². The summed E-state index contributed by atoms with van der Waals surface area (Å²) in [6.07, 6.45) is 8.27. The molecule has 1 saturated heterocycles. The Morgan fingerprint density at radius 1 is 1.26 bits per heavy atom. The average molecular weight is 458 g/mol. The molecule has 8 heteroatoms. The van der Waals surface area contributed by atoms with Gasteiger partial charge in [0, 0.05) is 67.2 Å². The molecule has 0 saturated carbocycles.